The number of imidazole rings is 1. The lowest BCUT2D eigenvalue weighted by molar-refractivity contribution is -0.137. The van der Waals surface area contributed by atoms with E-state index in [2.05, 4.69) is 47.4 Å². The summed E-state index contributed by atoms with van der Waals surface area (Å²) in [6.45, 7) is 2.63. The normalized spacial score (nSPS) is 21.3. The highest BCUT2D eigenvalue weighted by molar-refractivity contribution is 8.13. The number of hydrogen-bond donors (Lipinski definition) is 9. The van der Waals surface area contributed by atoms with Gasteiger partial charge in [0.15, 0.2) is 22.8 Å². The van der Waals surface area contributed by atoms with Gasteiger partial charge in [-0.3, -0.25) is 32.5 Å². The molecule has 1 fully saturated rings. The minimum absolute atomic E-state index is 0.0304. The lowest BCUT2D eigenvalue weighted by Crippen LogP contribution is -2.46. The molecule has 3 heterocycles. The number of thioether (sulfide) groups is 1. The first-order valence-electron chi connectivity index (χ1n) is 18.4. The monoisotopic (exact) mass is 931 g/mol. The number of phosphoric acid groups is 3. The van der Waals surface area contributed by atoms with Crippen molar-refractivity contribution in [2.24, 2.45) is 5.41 Å². The second kappa shape index (κ2) is 23.5. The number of unbranched alkanes of at least 4 members (excludes halogenated alkanes) is 3. The van der Waals surface area contributed by atoms with Crippen LogP contribution in [0.3, 0.4) is 0 Å². The minimum atomic E-state index is -5.57. The molecular weight excluding hydrogens is 879 g/mol. The number of carbonyl (C=O) groups is 3. The van der Waals surface area contributed by atoms with E-state index in [0.717, 1.165) is 48.2 Å². The molecule has 10 N–H and O–H groups in total. The first-order valence-corrected chi connectivity index (χ1v) is 23.9. The van der Waals surface area contributed by atoms with Gasteiger partial charge in [-0.2, -0.15) is 4.31 Å². The Hall–Kier alpha value is -2.96. The van der Waals surface area contributed by atoms with Crippen molar-refractivity contribution in [2.45, 2.75) is 89.9 Å². The Balaban J connectivity index is 1.42. The number of amides is 2. The maximum Gasteiger partial charge on any atom is 0.481 e. The van der Waals surface area contributed by atoms with Gasteiger partial charge in [0.25, 0.3) is 0 Å². The molecule has 1 aliphatic heterocycles. The van der Waals surface area contributed by atoms with Gasteiger partial charge in [0, 0.05) is 37.1 Å². The average molecular weight is 932 g/mol. The number of ether oxygens (including phenoxy) is 1. The molecule has 0 saturated carbocycles. The van der Waals surface area contributed by atoms with E-state index in [4.69, 9.17) is 19.5 Å². The number of allylic oxidation sites excluding steroid dienone is 4. The van der Waals surface area contributed by atoms with Crippen molar-refractivity contribution in [3.8, 4) is 0 Å². The van der Waals surface area contributed by atoms with Crippen molar-refractivity contribution in [1.82, 2.24) is 30.2 Å². The number of nitrogen functional groups attached to an aromatic ring is 1. The third-order valence-corrected chi connectivity index (χ3v) is 12.4. The van der Waals surface area contributed by atoms with Crippen LogP contribution in [0.2, 0.25) is 0 Å². The zero-order valence-corrected chi connectivity index (χ0v) is 36.4. The van der Waals surface area contributed by atoms with Crippen LogP contribution >= 0.6 is 35.2 Å². The first kappa shape index (κ1) is 51.4. The van der Waals surface area contributed by atoms with Crippen molar-refractivity contribution < 1.29 is 80.5 Å². The van der Waals surface area contributed by atoms with Crippen LogP contribution in [-0.2, 0) is 50.7 Å². The van der Waals surface area contributed by atoms with Crippen molar-refractivity contribution in [1.29, 1.82) is 0 Å². The van der Waals surface area contributed by atoms with Crippen molar-refractivity contribution in [2.75, 3.05) is 37.8 Å². The van der Waals surface area contributed by atoms with E-state index < -0.39 is 84.6 Å². The molecule has 7 atom stereocenters. The zero-order chi connectivity index (χ0) is 44.7. The molecule has 28 heteroatoms. The molecule has 2 aromatic rings. The molecule has 0 aliphatic carbocycles. The number of aromatic nitrogens is 4. The summed E-state index contributed by atoms with van der Waals surface area (Å²) >= 11 is 1.07. The molecule has 24 nitrogen and oxygen atoms in total. The van der Waals surface area contributed by atoms with Crippen LogP contribution in [0, 0.1) is 5.41 Å². The molecule has 7 unspecified atom stereocenters. The summed E-state index contributed by atoms with van der Waals surface area (Å²) < 4.78 is 62.2. The molecule has 3 rings (SSSR count). The van der Waals surface area contributed by atoms with Gasteiger partial charge in [-0.15, -0.1) is 0 Å². The van der Waals surface area contributed by atoms with Crippen molar-refractivity contribution >= 4 is 69.1 Å². The number of nitrogens with two attached hydrogens (primary N) is 1. The van der Waals surface area contributed by atoms with Crippen LogP contribution in [0.4, 0.5) is 5.82 Å². The first-order chi connectivity index (χ1) is 28.1. The average Bonchev–Trinajstić information content (AvgIpc) is 3.72. The van der Waals surface area contributed by atoms with E-state index in [1.54, 1.807) is 6.08 Å². The highest BCUT2D eigenvalue weighted by atomic mass is 32.2. The highest BCUT2D eigenvalue weighted by Crippen LogP contribution is 2.61. The number of phosphoric ester groups is 3. The van der Waals surface area contributed by atoms with E-state index in [1.165, 1.54) is 20.3 Å². The van der Waals surface area contributed by atoms with Crippen molar-refractivity contribution in [3.63, 3.8) is 0 Å². The lowest BCUT2D eigenvalue weighted by atomic mass is 9.87. The summed E-state index contributed by atoms with van der Waals surface area (Å²) in [5.41, 5.74) is 4.26. The number of hydrogen-bond acceptors (Lipinski definition) is 18. The van der Waals surface area contributed by atoms with Gasteiger partial charge in [-0.1, -0.05) is 69.7 Å². The van der Waals surface area contributed by atoms with Gasteiger partial charge in [-0.25, -0.2) is 28.6 Å². The molecule has 0 radical (unpaired) electrons. The Labute approximate surface area is 349 Å². The quantitative estimate of drug-likeness (QED) is 0.0368. The predicted molar refractivity (Wildman–Crippen MR) is 214 cm³/mol. The third-order valence-electron chi connectivity index (χ3n) is 8.41. The summed E-state index contributed by atoms with van der Waals surface area (Å²) in [5, 5.41) is 26.4. The van der Waals surface area contributed by atoms with E-state index in [0.29, 0.717) is 5.75 Å². The summed E-state index contributed by atoms with van der Waals surface area (Å²) in [7, 11) is -16.4. The topological polar surface area (TPSA) is 364 Å². The smallest absolute Gasteiger partial charge is 0.386 e. The summed E-state index contributed by atoms with van der Waals surface area (Å²) in [5.74, 6) is -1.11. The number of fused-ring (bicyclic) bond motifs is 1. The summed E-state index contributed by atoms with van der Waals surface area (Å²) in [4.78, 5) is 87.8. The number of rotatable bonds is 26. The van der Waals surface area contributed by atoms with E-state index in [-0.39, 0.29) is 48.0 Å². The Morgan fingerprint density at radius 3 is 2.43 bits per heavy atom. The minimum Gasteiger partial charge on any atom is -0.386 e. The fourth-order valence-corrected chi connectivity index (χ4v) is 8.76. The zero-order valence-electron chi connectivity index (χ0n) is 32.9. The van der Waals surface area contributed by atoms with Crippen LogP contribution in [0.25, 0.3) is 11.2 Å². The predicted octanol–water partition coefficient (Wildman–Crippen LogP) is 1.75. The fourth-order valence-electron chi connectivity index (χ4n) is 5.28. The Morgan fingerprint density at radius 2 is 1.73 bits per heavy atom. The molecule has 0 aromatic carbocycles. The van der Waals surface area contributed by atoms with Gasteiger partial charge in [0.1, 0.15) is 36.3 Å². The molecule has 60 heavy (non-hydrogen) atoms. The summed E-state index contributed by atoms with van der Waals surface area (Å²) in [6.07, 6.45) is 5.33. The molecule has 338 valence electrons. The Morgan fingerprint density at radius 1 is 1.03 bits per heavy atom. The van der Waals surface area contributed by atoms with Gasteiger partial charge in [0.2, 0.25) is 11.8 Å². The second-order valence-electron chi connectivity index (χ2n) is 13.8. The second-order valence-corrected chi connectivity index (χ2v) is 19.2. The molecule has 2 aromatic heterocycles. The van der Waals surface area contributed by atoms with Gasteiger partial charge >= 0.3 is 23.5 Å². The largest absolute Gasteiger partial charge is 0.481 e. The van der Waals surface area contributed by atoms with Crippen LogP contribution < -0.4 is 16.4 Å². The third kappa shape index (κ3) is 17.1. The lowest BCUT2D eigenvalue weighted by Gasteiger charge is -2.30. The van der Waals surface area contributed by atoms with Crippen LogP contribution in [-0.4, -0.2) is 123 Å². The van der Waals surface area contributed by atoms with E-state index in [1.807, 2.05) is 12.2 Å². The number of nitrogens with zero attached hydrogens (tertiary/aromatic N) is 4. The fraction of sp³-hybridized carbons (Fsp3) is 0.625. The molecule has 1 saturated heterocycles. The molecular formula is C32H52N7O17P3S. The number of anilines is 1. The molecule has 2 amide bonds. The van der Waals surface area contributed by atoms with Crippen LogP contribution in [0.1, 0.15) is 65.5 Å². The molecule has 0 bridgehead atoms. The van der Waals surface area contributed by atoms with E-state index in [9.17, 15) is 57.9 Å². The number of aliphatic hydroxyl groups is 2. The Kier molecular flexibility index (Phi) is 20.1. The molecule has 1 aliphatic rings. The van der Waals surface area contributed by atoms with Crippen LogP contribution in [0.5, 0.6) is 0 Å². The maximum absolute atomic E-state index is 12.7. The summed E-state index contributed by atoms with van der Waals surface area (Å²) in [6, 6.07) is 0. The van der Waals surface area contributed by atoms with Gasteiger partial charge in [-0.05, 0) is 12.8 Å². The number of carbonyl (C=O) groups excluding carboxylic acids is 3. The molecule has 0 spiro atoms. The van der Waals surface area contributed by atoms with Crippen molar-refractivity contribution in [3.05, 3.63) is 37.0 Å². The van der Waals surface area contributed by atoms with Crippen LogP contribution in [0.15, 0.2) is 37.0 Å². The number of aliphatic hydroxyl groups excluding tert-OH is 2. The Bertz CT molecular complexity index is 1960. The van der Waals surface area contributed by atoms with E-state index >= 15 is 0 Å². The van der Waals surface area contributed by atoms with Gasteiger partial charge in [0.05, 0.1) is 19.5 Å². The standard InChI is InChI=1S/C32H52N7O17P3S/c1-4-5-6-7-8-9-10-11-12-23(41)60-16-15-34-22(40)13-14-35-30(44)27(43)32(2,3)18-53-59(50,51)56-58(48,49)52-17-21-26(55-57(45,46)47)25(42)31(54-21)39-20-38-24-28(33)36-19-37-29(24)39/h8-11,19-21,25-27,31,42-43H,4-7,12-18H2,1-3H3,(H,34,40)(H,35,44)(H,48,49)(H,50,51)(H2,33,36,37)(H2,45,46,47)/b9-8+,11-10+. The number of nitrogens with one attached hydrogen (secondary N) is 2. The maximum atomic E-state index is 12.7. The SMILES string of the molecule is CCCCC/C=C/C=C/CC(=O)SCCNC(=O)CCNC(=O)C(O)C(C)(C)COP(=O)(O)OP(=O)(O)OCC1OC(n2cnc3c(N)ncnc32)C(O)C1OP(=O)(O)O. The van der Waals surface area contributed by atoms with Gasteiger partial charge < -0.3 is 50.9 Å². The highest BCUT2D eigenvalue weighted by Gasteiger charge is 2.50.